The summed E-state index contributed by atoms with van der Waals surface area (Å²) < 4.78 is 1.75. The monoisotopic (exact) mass is 315 g/mol. The van der Waals surface area contributed by atoms with E-state index in [1.807, 2.05) is 0 Å². The van der Waals surface area contributed by atoms with Crippen molar-refractivity contribution in [3.63, 3.8) is 0 Å². The molecule has 2 rings (SSSR count). The molecule has 0 bridgehead atoms. The number of aromatic nitrogens is 3. The van der Waals surface area contributed by atoms with Crippen molar-refractivity contribution in [3.8, 4) is 0 Å². The van der Waals surface area contributed by atoms with Gasteiger partial charge in [-0.05, 0) is 38.6 Å². The van der Waals surface area contributed by atoms with E-state index in [1.165, 1.54) is 0 Å². The molecule has 0 radical (unpaired) electrons. The third-order valence-corrected chi connectivity index (χ3v) is 3.67. The maximum Gasteiger partial charge on any atom is 0.273 e. The Morgan fingerprint density at radius 1 is 1.57 bits per heavy atom. The first-order valence-electron chi connectivity index (χ1n) is 7.49. The Bertz CT molecular complexity index is 448. The van der Waals surface area contributed by atoms with E-state index in [9.17, 15) is 4.79 Å². The van der Waals surface area contributed by atoms with Crippen LogP contribution in [0.1, 0.15) is 50.5 Å². The number of hydrogen-bond acceptors (Lipinski definition) is 4. The van der Waals surface area contributed by atoms with Gasteiger partial charge < -0.3 is 10.6 Å². The lowest BCUT2D eigenvalue weighted by molar-refractivity contribution is 0.0920. The van der Waals surface area contributed by atoms with Gasteiger partial charge in [-0.15, -0.1) is 17.5 Å². The largest absolute Gasteiger partial charge is 0.348 e. The van der Waals surface area contributed by atoms with Crippen molar-refractivity contribution >= 4 is 18.3 Å². The van der Waals surface area contributed by atoms with Gasteiger partial charge in [0.2, 0.25) is 0 Å². The summed E-state index contributed by atoms with van der Waals surface area (Å²) in [6.07, 6.45) is 4.71. The first-order chi connectivity index (χ1) is 9.54. The van der Waals surface area contributed by atoms with Crippen LogP contribution in [0.15, 0.2) is 6.20 Å². The van der Waals surface area contributed by atoms with E-state index in [0.29, 0.717) is 17.7 Å². The molecular formula is C14H26ClN5O. The average molecular weight is 316 g/mol. The van der Waals surface area contributed by atoms with Crippen LogP contribution in [-0.4, -0.2) is 39.5 Å². The molecule has 2 heterocycles. The Balaban J connectivity index is 0.00000220. The molecule has 2 atom stereocenters. The van der Waals surface area contributed by atoms with E-state index in [4.69, 9.17) is 0 Å². The number of carbonyl (C=O) groups is 1. The number of nitrogens with zero attached hydrogens (tertiary/aromatic N) is 3. The van der Waals surface area contributed by atoms with Crippen LogP contribution >= 0.6 is 12.4 Å². The van der Waals surface area contributed by atoms with Gasteiger partial charge in [-0.3, -0.25) is 9.48 Å². The number of rotatable bonds is 5. The fraction of sp³-hybridized carbons (Fsp3) is 0.786. The van der Waals surface area contributed by atoms with Crippen LogP contribution in [0.3, 0.4) is 0 Å². The molecule has 0 spiro atoms. The lowest BCUT2D eigenvalue weighted by Gasteiger charge is -2.28. The number of nitrogens with one attached hydrogen (secondary N) is 2. The van der Waals surface area contributed by atoms with E-state index in [0.717, 1.165) is 32.4 Å². The molecule has 7 heteroatoms. The van der Waals surface area contributed by atoms with Gasteiger partial charge >= 0.3 is 0 Å². The van der Waals surface area contributed by atoms with Gasteiger partial charge in [0.15, 0.2) is 5.69 Å². The first kappa shape index (κ1) is 17.9. The van der Waals surface area contributed by atoms with Crippen molar-refractivity contribution < 1.29 is 4.79 Å². The van der Waals surface area contributed by atoms with Crippen molar-refractivity contribution in [2.45, 2.75) is 58.7 Å². The van der Waals surface area contributed by atoms with Crippen LogP contribution in [-0.2, 0) is 6.54 Å². The van der Waals surface area contributed by atoms with Crippen LogP contribution in [0, 0.1) is 5.92 Å². The summed E-state index contributed by atoms with van der Waals surface area (Å²) in [7, 11) is 0. The van der Waals surface area contributed by atoms with Gasteiger partial charge in [0, 0.05) is 18.6 Å². The third kappa shape index (κ3) is 5.63. The SMILES string of the molecule is CC(C)CCn1cc(C(=O)NC2CCNC(C)C2)nn1.Cl. The predicted octanol–water partition coefficient (Wildman–Crippen LogP) is 1.62. The van der Waals surface area contributed by atoms with E-state index in [-0.39, 0.29) is 24.4 Å². The van der Waals surface area contributed by atoms with Gasteiger partial charge in [0.05, 0.1) is 6.20 Å². The number of carbonyl (C=O) groups excluding carboxylic acids is 1. The maximum atomic E-state index is 12.1. The van der Waals surface area contributed by atoms with E-state index < -0.39 is 0 Å². The van der Waals surface area contributed by atoms with Crippen LogP contribution in [0.2, 0.25) is 0 Å². The molecular weight excluding hydrogens is 290 g/mol. The second kappa shape index (κ2) is 8.34. The molecule has 1 amide bonds. The number of piperidine rings is 1. The van der Waals surface area contributed by atoms with Gasteiger partial charge in [0.1, 0.15) is 0 Å². The minimum atomic E-state index is -0.111. The van der Waals surface area contributed by atoms with Crippen LogP contribution in [0.25, 0.3) is 0 Å². The van der Waals surface area contributed by atoms with Crippen molar-refractivity contribution in [1.29, 1.82) is 0 Å². The molecule has 1 aliphatic rings. The van der Waals surface area contributed by atoms with E-state index in [1.54, 1.807) is 10.9 Å². The topological polar surface area (TPSA) is 71.8 Å². The molecule has 1 saturated heterocycles. The highest BCUT2D eigenvalue weighted by Crippen LogP contribution is 2.09. The standard InChI is InChI=1S/C14H25N5O.ClH/c1-10(2)5-7-19-9-13(17-18-19)14(20)16-12-4-6-15-11(3)8-12;/h9-12,15H,4-8H2,1-3H3,(H,16,20);1H. The highest BCUT2D eigenvalue weighted by Gasteiger charge is 2.21. The molecule has 0 saturated carbocycles. The molecule has 0 aliphatic carbocycles. The first-order valence-corrected chi connectivity index (χ1v) is 7.49. The fourth-order valence-electron chi connectivity index (χ4n) is 2.42. The smallest absolute Gasteiger partial charge is 0.273 e. The summed E-state index contributed by atoms with van der Waals surface area (Å²) in [5.74, 6) is 0.507. The molecule has 21 heavy (non-hydrogen) atoms. The van der Waals surface area contributed by atoms with E-state index >= 15 is 0 Å². The minimum absolute atomic E-state index is 0. The van der Waals surface area contributed by atoms with Crippen molar-refractivity contribution in [1.82, 2.24) is 25.6 Å². The quantitative estimate of drug-likeness (QED) is 0.866. The summed E-state index contributed by atoms with van der Waals surface area (Å²) >= 11 is 0. The Morgan fingerprint density at radius 3 is 3.00 bits per heavy atom. The Morgan fingerprint density at radius 2 is 2.33 bits per heavy atom. The second-order valence-electron chi connectivity index (χ2n) is 6.10. The summed E-state index contributed by atoms with van der Waals surface area (Å²) in [6.45, 7) is 8.24. The molecule has 1 aromatic heterocycles. The van der Waals surface area contributed by atoms with Gasteiger partial charge in [-0.1, -0.05) is 19.1 Å². The Hall–Kier alpha value is -1.14. The summed E-state index contributed by atoms with van der Waals surface area (Å²) in [4.78, 5) is 12.1. The number of hydrogen-bond donors (Lipinski definition) is 2. The lowest BCUT2D eigenvalue weighted by Crippen LogP contribution is -2.46. The third-order valence-electron chi connectivity index (χ3n) is 3.67. The van der Waals surface area contributed by atoms with E-state index in [2.05, 4.69) is 41.7 Å². The minimum Gasteiger partial charge on any atom is -0.348 e. The molecule has 2 N–H and O–H groups in total. The zero-order valence-electron chi connectivity index (χ0n) is 13.0. The fourth-order valence-corrected chi connectivity index (χ4v) is 2.42. The molecule has 2 unspecified atom stereocenters. The van der Waals surface area contributed by atoms with Crippen molar-refractivity contribution in [2.75, 3.05) is 6.54 Å². The Labute approximate surface area is 132 Å². The van der Waals surface area contributed by atoms with Crippen LogP contribution in [0.5, 0.6) is 0 Å². The Kier molecular flexibility index (Phi) is 7.11. The summed E-state index contributed by atoms with van der Waals surface area (Å²) in [5.41, 5.74) is 0.417. The van der Waals surface area contributed by atoms with Crippen molar-refractivity contribution in [3.05, 3.63) is 11.9 Å². The number of halogens is 1. The molecule has 0 aromatic carbocycles. The second-order valence-corrected chi connectivity index (χ2v) is 6.10. The summed E-state index contributed by atoms with van der Waals surface area (Å²) in [5, 5.41) is 14.4. The summed E-state index contributed by atoms with van der Waals surface area (Å²) in [6, 6.07) is 0.690. The number of aryl methyl sites for hydroxylation is 1. The lowest BCUT2D eigenvalue weighted by atomic mass is 10.0. The zero-order chi connectivity index (χ0) is 14.5. The van der Waals surface area contributed by atoms with Gasteiger partial charge in [-0.2, -0.15) is 0 Å². The highest BCUT2D eigenvalue weighted by atomic mass is 35.5. The molecule has 120 valence electrons. The van der Waals surface area contributed by atoms with Crippen molar-refractivity contribution in [2.24, 2.45) is 5.92 Å². The predicted molar refractivity (Wildman–Crippen MR) is 84.7 cm³/mol. The van der Waals surface area contributed by atoms with Crippen LogP contribution in [0.4, 0.5) is 0 Å². The zero-order valence-corrected chi connectivity index (χ0v) is 13.8. The maximum absolute atomic E-state index is 12.1. The molecule has 6 nitrogen and oxygen atoms in total. The highest BCUT2D eigenvalue weighted by molar-refractivity contribution is 5.92. The van der Waals surface area contributed by atoms with Gasteiger partial charge in [-0.25, -0.2) is 0 Å². The normalized spacial score (nSPS) is 21.9. The van der Waals surface area contributed by atoms with Crippen LogP contribution < -0.4 is 10.6 Å². The molecule has 1 fully saturated rings. The van der Waals surface area contributed by atoms with Gasteiger partial charge in [0.25, 0.3) is 5.91 Å². The average Bonchev–Trinajstić information content (AvgIpc) is 2.85. The number of amides is 1. The molecule has 1 aliphatic heterocycles. The molecule has 1 aromatic rings.